The lowest BCUT2D eigenvalue weighted by Gasteiger charge is -2.59. The van der Waals surface area contributed by atoms with E-state index in [-0.39, 0.29) is 16.9 Å². The Kier molecular flexibility index (Phi) is 3.43. The second kappa shape index (κ2) is 5.05. The number of aliphatic hydroxyl groups is 1. The molecule has 4 rings (SSSR count). The van der Waals surface area contributed by atoms with Gasteiger partial charge in [0.2, 0.25) is 0 Å². The van der Waals surface area contributed by atoms with Crippen molar-refractivity contribution in [2.45, 2.75) is 64.9 Å². The molecule has 0 bridgehead atoms. The summed E-state index contributed by atoms with van der Waals surface area (Å²) in [6, 6.07) is 0. The molecule has 0 aromatic carbocycles. The van der Waals surface area contributed by atoms with Gasteiger partial charge in [0.1, 0.15) is 0 Å². The zero-order valence-electron chi connectivity index (χ0n) is 14.6. The minimum absolute atomic E-state index is 0.0455. The van der Waals surface area contributed by atoms with Gasteiger partial charge in [-0.2, -0.15) is 0 Å². The van der Waals surface area contributed by atoms with Gasteiger partial charge in [-0.3, -0.25) is 4.79 Å². The van der Waals surface area contributed by atoms with Crippen LogP contribution in [0.15, 0.2) is 24.3 Å². The number of hydrogen-bond acceptors (Lipinski definition) is 2. The Hall–Kier alpha value is -0.890. The van der Waals surface area contributed by atoms with Crippen molar-refractivity contribution in [2.75, 3.05) is 0 Å². The topological polar surface area (TPSA) is 37.3 Å². The van der Waals surface area contributed by atoms with Crippen LogP contribution in [0.5, 0.6) is 0 Å². The van der Waals surface area contributed by atoms with Crippen LogP contribution in [-0.2, 0) is 4.79 Å². The van der Waals surface area contributed by atoms with Crippen LogP contribution in [-0.4, -0.2) is 17.0 Å². The van der Waals surface area contributed by atoms with E-state index in [9.17, 15) is 9.90 Å². The lowest BCUT2D eigenvalue weighted by molar-refractivity contribution is -0.131. The molecule has 23 heavy (non-hydrogen) atoms. The molecule has 1 N–H and O–H groups in total. The molecule has 2 nitrogen and oxygen atoms in total. The minimum Gasteiger partial charge on any atom is -0.393 e. The second-order valence-corrected chi connectivity index (χ2v) is 9.08. The first kappa shape index (κ1) is 15.6. The van der Waals surface area contributed by atoms with Gasteiger partial charge in [0, 0.05) is 6.42 Å². The summed E-state index contributed by atoms with van der Waals surface area (Å²) < 4.78 is 0. The molecule has 7 atom stereocenters. The zero-order valence-corrected chi connectivity index (χ0v) is 14.6. The summed E-state index contributed by atoms with van der Waals surface area (Å²) in [5.74, 6) is 2.52. The van der Waals surface area contributed by atoms with Crippen molar-refractivity contribution in [1.29, 1.82) is 0 Å². The third-order valence-electron chi connectivity index (χ3n) is 8.25. The fraction of sp³-hybridized carbons (Fsp3) is 0.762. The molecule has 4 aliphatic rings. The van der Waals surface area contributed by atoms with E-state index in [1.165, 1.54) is 18.4 Å². The van der Waals surface area contributed by atoms with E-state index >= 15 is 0 Å². The van der Waals surface area contributed by atoms with Gasteiger partial charge in [-0.05, 0) is 79.1 Å². The Bertz CT molecular complexity index is 576. The van der Waals surface area contributed by atoms with Gasteiger partial charge in [0.15, 0.2) is 5.78 Å². The lowest BCUT2D eigenvalue weighted by Crippen LogP contribution is -2.56. The van der Waals surface area contributed by atoms with Crippen molar-refractivity contribution >= 4 is 5.78 Å². The standard InChI is InChI=1S/C21H30O2/c1-4-13-6-8-17-16-7-5-14-11-15(22)9-10-20(14,2)19(16)18(23)12-21(13,17)3/h4,11,13,16-19,23H,1,5-10,12H2,2-3H3/t13-,16-,17-,18-,19?,20-,21+/m0/s1. The lowest BCUT2D eigenvalue weighted by atomic mass is 9.46. The summed E-state index contributed by atoms with van der Waals surface area (Å²) >= 11 is 0. The smallest absolute Gasteiger partial charge is 0.155 e. The molecule has 3 fully saturated rings. The van der Waals surface area contributed by atoms with Gasteiger partial charge >= 0.3 is 0 Å². The number of ketones is 1. The van der Waals surface area contributed by atoms with Crippen molar-refractivity contribution in [3.05, 3.63) is 24.3 Å². The van der Waals surface area contributed by atoms with Crippen LogP contribution in [0.3, 0.4) is 0 Å². The molecule has 3 saturated carbocycles. The maximum atomic E-state index is 11.9. The fourth-order valence-electron chi connectivity index (χ4n) is 7.11. The first-order chi connectivity index (χ1) is 10.9. The molecule has 1 unspecified atom stereocenters. The number of aliphatic hydroxyl groups excluding tert-OH is 1. The second-order valence-electron chi connectivity index (χ2n) is 9.08. The van der Waals surface area contributed by atoms with Gasteiger partial charge in [-0.1, -0.05) is 25.5 Å². The highest BCUT2D eigenvalue weighted by Crippen LogP contribution is 2.66. The van der Waals surface area contributed by atoms with Crippen molar-refractivity contribution in [2.24, 2.45) is 34.5 Å². The molecular weight excluding hydrogens is 284 g/mol. The summed E-state index contributed by atoms with van der Waals surface area (Å²) in [6.07, 6.45) is 11.1. The minimum atomic E-state index is -0.233. The summed E-state index contributed by atoms with van der Waals surface area (Å²) in [5, 5.41) is 11.2. The summed E-state index contributed by atoms with van der Waals surface area (Å²) in [4.78, 5) is 11.9. The molecular formula is C21H30O2. The van der Waals surface area contributed by atoms with E-state index in [0.717, 1.165) is 31.6 Å². The van der Waals surface area contributed by atoms with Crippen LogP contribution >= 0.6 is 0 Å². The highest BCUT2D eigenvalue weighted by Gasteiger charge is 2.61. The maximum Gasteiger partial charge on any atom is 0.155 e. The monoisotopic (exact) mass is 314 g/mol. The molecule has 0 aromatic heterocycles. The van der Waals surface area contributed by atoms with Gasteiger partial charge < -0.3 is 5.11 Å². The molecule has 0 radical (unpaired) electrons. The Labute approximate surface area is 140 Å². The molecule has 0 spiro atoms. The first-order valence-corrected chi connectivity index (χ1v) is 9.44. The average Bonchev–Trinajstić information content (AvgIpc) is 2.83. The van der Waals surface area contributed by atoms with E-state index in [0.29, 0.717) is 30.0 Å². The van der Waals surface area contributed by atoms with Crippen LogP contribution < -0.4 is 0 Å². The number of carbonyl (C=O) groups excluding carboxylic acids is 1. The van der Waals surface area contributed by atoms with Crippen LogP contribution in [0.25, 0.3) is 0 Å². The molecule has 0 heterocycles. The van der Waals surface area contributed by atoms with Gasteiger partial charge in [0.05, 0.1) is 6.10 Å². The predicted molar refractivity (Wildman–Crippen MR) is 91.8 cm³/mol. The zero-order chi connectivity index (χ0) is 16.4. The van der Waals surface area contributed by atoms with E-state index in [1.54, 1.807) is 0 Å². The van der Waals surface area contributed by atoms with Gasteiger partial charge in [-0.15, -0.1) is 6.58 Å². The third kappa shape index (κ3) is 2.00. The number of carbonyl (C=O) groups is 1. The van der Waals surface area contributed by atoms with Crippen molar-refractivity contribution in [1.82, 2.24) is 0 Å². The maximum absolute atomic E-state index is 11.9. The molecule has 126 valence electrons. The number of allylic oxidation sites excluding steroid dienone is 2. The molecule has 0 aromatic rings. The molecule has 4 aliphatic carbocycles. The van der Waals surface area contributed by atoms with E-state index in [4.69, 9.17) is 0 Å². The average molecular weight is 314 g/mol. The Morgan fingerprint density at radius 1 is 1.26 bits per heavy atom. The van der Waals surface area contributed by atoms with E-state index < -0.39 is 0 Å². The van der Waals surface area contributed by atoms with Crippen molar-refractivity contribution in [3.63, 3.8) is 0 Å². The predicted octanol–water partition coefficient (Wildman–Crippen LogP) is 4.29. The van der Waals surface area contributed by atoms with Crippen molar-refractivity contribution < 1.29 is 9.90 Å². The Morgan fingerprint density at radius 2 is 2.04 bits per heavy atom. The largest absolute Gasteiger partial charge is 0.393 e. The quantitative estimate of drug-likeness (QED) is 0.733. The van der Waals surface area contributed by atoms with E-state index in [2.05, 4.69) is 26.5 Å². The van der Waals surface area contributed by atoms with Crippen LogP contribution in [0, 0.1) is 34.5 Å². The summed E-state index contributed by atoms with van der Waals surface area (Å²) in [6.45, 7) is 8.79. The molecule has 2 heteroatoms. The van der Waals surface area contributed by atoms with Gasteiger partial charge in [-0.25, -0.2) is 0 Å². The summed E-state index contributed by atoms with van der Waals surface area (Å²) in [7, 11) is 0. The number of rotatable bonds is 1. The SMILES string of the molecule is C=C[C@H]1CC[C@H]2[C@@H]3CCC4=CC(=O)CC[C@]4(C)C3[C@@H](O)C[C@]12C. The van der Waals surface area contributed by atoms with Crippen molar-refractivity contribution in [3.8, 4) is 0 Å². The Morgan fingerprint density at radius 3 is 2.78 bits per heavy atom. The van der Waals surface area contributed by atoms with Gasteiger partial charge in [0.25, 0.3) is 0 Å². The van der Waals surface area contributed by atoms with Crippen LogP contribution in [0.2, 0.25) is 0 Å². The van der Waals surface area contributed by atoms with E-state index in [1.807, 2.05) is 6.08 Å². The molecule has 0 saturated heterocycles. The molecule has 0 aliphatic heterocycles. The van der Waals surface area contributed by atoms with Crippen LogP contribution in [0.1, 0.15) is 58.8 Å². The summed E-state index contributed by atoms with van der Waals surface area (Å²) in [5.41, 5.74) is 1.60. The highest BCUT2D eigenvalue weighted by molar-refractivity contribution is 5.91. The third-order valence-corrected chi connectivity index (χ3v) is 8.25. The normalized spacial score (nSPS) is 52.2. The highest BCUT2D eigenvalue weighted by atomic mass is 16.3. The number of fused-ring (bicyclic) bond motifs is 5. The van der Waals surface area contributed by atoms with Crippen LogP contribution in [0.4, 0.5) is 0 Å². The first-order valence-electron chi connectivity index (χ1n) is 9.44. The molecule has 0 amide bonds. The Balaban J connectivity index is 1.73. The fourth-order valence-corrected chi connectivity index (χ4v) is 7.11. The number of hydrogen-bond donors (Lipinski definition) is 1.